The van der Waals surface area contributed by atoms with Gasteiger partial charge in [0.1, 0.15) is 25.1 Å². The molecule has 3 rings (SSSR count). The maximum Gasteiger partial charge on any atom is 1.00 e. The van der Waals surface area contributed by atoms with Crippen LogP contribution in [-0.4, -0.2) is 47.1 Å². The number of rotatable bonds is 13. The molecule has 10 heteroatoms. The first-order chi connectivity index (χ1) is 16.9. The van der Waals surface area contributed by atoms with Gasteiger partial charge in [-0.05, 0) is 48.4 Å². The average Bonchev–Trinajstić information content (AvgIpc) is 2.87. The van der Waals surface area contributed by atoms with Crippen molar-refractivity contribution in [3.8, 4) is 22.8 Å². The predicted molar refractivity (Wildman–Crippen MR) is 128 cm³/mol. The zero-order chi connectivity index (χ0) is 25.2. The predicted octanol–water partition coefficient (Wildman–Crippen LogP) is -0.0654. The van der Waals surface area contributed by atoms with Crippen molar-refractivity contribution >= 4 is 17.6 Å². The van der Waals surface area contributed by atoms with Gasteiger partial charge in [0.05, 0.1) is 12.7 Å². The minimum Gasteiger partial charge on any atom is -0.550 e. The number of aliphatic carboxylic acids is 1. The molecule has 0 spiro atoms. The molecule has 3 aromatic rings. The van der Waals surface area contributed by atoms with E-state index in [9.17, 15) is 15.0 Å². The van der Waals surface area contributed by atoms with Gasteiger partial charge >= 0.3 is 29.6 Å². The molecule has 36 heavy (non-hydrogen) atoms. The van der Waals surface area contributed by atoms with Gasteiger partial charge in [-0.15, -0.1) is 0 Å². The molecule has 2 aromatic carbocycles. The van der Waals surface area contributed by atoms with Gasteiger partial charge in [0, 0.05) is 47.4 Å². The number of aromatic nitrogens is 1. The van der Waals surface area contributed by atoms with Crippen molar-refractivity contribution in [3.05, 3.63) is 76.9 Å². The molecule has 0 aliphatic rings. The summed E-state index contributed by atoms with van der Waals surface area (Å²) in [6.07, 6.45) is -0.129. The Balaban J connectivity index is 0.00000456. The monoisotopic (exact) mass is 523 g/mol. The number of aliphatic hydroxyl groups excluding tert-OH is 2. The van der Waals surface area contributed by atoms with Crippen LogP contribution in [-0.2, 0) is 16.1 Å². The number of carbonyl (C=O) groups is 1. The second-order valence-corrected chi connectivity index (χ2v) is 8.13. The van der Waals surface area contributed by atoms with Gasteiger partial charge in [0.25, 0.3) is 0 Å². The van der Waals surface area contributed by atoms with E-state index in [1.165, 1.54) is 0 Å². The van der Waals surface area contributed by atoms with Crippen LogP contribution in [0.15, 0.2) is 60.8 Å². The van der Waals surface area contributed by atoms with Crippen LogP contribution in [0.5, 0.6) is 11.6 Å². The quantitative estimate of drug-likeness (QED) is 0.299. The molecule has 1 heterocycles. The number of aliphatic hydroxyl groups is 2. The molecule has 0 aliphatic carbocycles. The molecular weight excluding hydrogens is 497 g/mol. The summed E-state index contributed by atoms with van der Waals surface area (Å²) < 4.78 is 16.7. The van der Waals surface area contributed by atoms with E-state index in [-0.39, 0.29) is 49.2 Å². The zero-order valence-corrected chi connectivity index (χ0v) is 23.0. The molecule has 0 saturated carbocycles. The number of nitrogens with zero attached hydrogens (tertiary/aromatic N) is 1. The van der Waals surface area contributed by atoms with Crippen molar-refractivity contribution < 1.29 is 63.9 Å². The molecule has 8 nitrogen and oxygen atoms in total. The maximum atomic E-state index is 11.0. The molecule has 1 unspecified atom stereocenters. The van der Waals surface area contributed by atoms with Gasteiger partial charge in [0.2, 0.25) is 5.88 Å². The van der Waals surface area contributed by atoms with Gasteiger partial charge < -0.3 is 34.3 Å². The van der Waals surface area contributed by atoms with Crippen LogP contribution < -0.4 is 44.1 Å². The van der Waals surface area contributed by atoms with Crippen molar-refractivity contribution in [1.29, 1.82) is 0 Å². The number of carbonyl (C=O) groups excluding carboxylic acids is 1. The van der Waals surface area contributed by atoms with E-state index in [4.69, 9.17) is 30.9 Å². The van der Waals surface area contributed by atoms with Gasteiger partial charge in [0.15, 0.2) is 0 Å². The fourth-order valence-electron chi connectivity index (χ4n) is 3.31. The molecule has 0 radical (unpaired) electrons. The molecule has 186 valence electrons. The van der Waals surface area contributed by atoms with Gasteiger partial charge in [-0.1, -0.05) is 29.8 Å². The fourth-order valence-corrected chi connectivity index (χ4v) is 3.54. The van der Waals surface area contributed by atoms with E-state index in [1.54, 1.807) is 48.7 Å². The number of pyridine rings is 1. The molecule has 2 atom stereocenters. The standard InChI is InChI=1S/C26H28ClNO7.Na/c1-2-33-24(12-26(31)32)18-4-7-21(8-5-18)34-15-17-3-9-23(27)22(11-17)19-6-10-25(28-13-19)35-16-20(30)14-29;/h3-11,13,20,24,29-30H,2,12,14-16H2,1H3,(H,31,32);/q;+1/p-1/t20?,24-;/m0./s1. The summed E-state index contributed by atoms with van der Waals surface area (Å²) in [4.78, 5) is 15.2. The Hall–Kier alpha value is -2.17. The van der Waals surface area contributed by atoms with Crippen molar-refractivity contribution in [2.24, 2.45) is 0 Å². The number of ether oxygens (including phenoxy) is 3. The third kappa shape index (κ3) is 9.05. The summed E-state index contributed by atoms with van der Waals surface area (Å²) in [6, 6.07) is 16.1. The van der Waals surface area contributed by atoms with E-state index < -0.39 is 18.2 Å². The van der Waals surface area contributed by atoms with E-state index in [2.05, 4.69) is 4.98 Å². The largest absolute Gasteiger partial charge is 1.00 e. The first kappa shape index (κ1) is 30.1. The Bertz CT molecular complexity index is 1100. The fraction of sp³-hybridized carbons (Fsp3) is 0.308. The number of halogens is 1. The van der Waals surface area contributed by atoms with Crippen LogP contribution in [0.3, 0.4) is 0 Å². The third-order valence-corrected chi connectivity index (χ3v) is 5.42. The molecular formula is C26H27ClNNaO7. The molecule has 0 amide bonds. The van der Waals surface area contributed by atoms with Crippen molar-refractivity contribution in [1.82, 2.24) is 4.98 Å². The van der Waals surface area contributed by atoms with Crippen LogP contribution in [0, 0.1) is 0 Å². The smallest absolute Gasteiger partial charge is 0.550 e. The molecule has 0 aliphatic heterocycles. The Morgan fingerprint density at radius 2 is 1.86 bits per heavy atom. The van der Waals surface area contributed by atoms with Crippen LogP contribution in [0.2, 0.25) is 5.02 Å². The second-order valence-electron chi connectivity index (χ2n) is 7.72. The van der Waals surface area contributed by atoms with E-state index >= 15 is 0 Å². The van der Waals surface area contributed by atoms with E-state index in [0.717, 1.165) is 22.3 Å². The summed E-state index contributed by atoms with van der Waals surface area (Å²) >= 11 is 6.40. The van der Waals surface area contributed by atoms with E-state index in [0.29, 0.717) is 29.9 Å². The Labute approximate surface area is 237 Å². The number of carboxylic acid groups (broad SMARTS) is 1. The van der Waals surface area contributed by atoms with Crippen LogP contribution in [0.25, 0.3) is 11.1 Å². The van der Waals surface area contributed by atoms with Crippen LogP contribution in [0.4, 0.5) is 0 Å². The van der Waals surface area contributed by atoms with Crippen LogP contribution >= 0.6 is 11.6 Å². The molecule has 0 bridgehead atoms. The number of hydrogen-bond acceptors (Lipinski definition) is 8. The Morgan fingerprint density at radius 1 is 1.11 bits per heavy atom. The summed E-state index contributed by atoms with van der Waals surface area (Å²) in [5, 5.41) is 29.8. The van der Waals surface area contributed by atoms with E-state index in [1.807, 2.05) is 19.1 Å². The average molecular weight is 524 g/mol. The Morgan fingerprint density at radius 3 is 2.47 bits per heavy atom. The first-order valence-electron chi connectivity index (χ1n) is 11.1. The number of benzene rings is 2. The molecule has 2 N–H and O–H groups in total. The Kier molecular flexibility index (Phi) is 12.7. The van der Waals surface area contributed by atoms with Crippen molar-refractivity contribution in [3.63, 3.8) is 0 Å². The summed E-state index contributed by atoms with van der Waals surface area (Å²) in [5.41, 5.74) is 3.19. The van der Waals surface area contributed by atoms with Crippen LogP contribution in [0.1, 0.15) is 30.6 Å². The number of carboxylic acids is 1. The summed E-state index contributed by atoms with van der Waals surface area (Å²) in [7, 11) is 0. The zero-order valence-electron chi connectivity index (χ0n) is 20.2. The van der Waals surface area contributed by atoms with Crippen molar-refractivity contribution in [2.75, 3.05) is 19.8 Å². The minimum absolute atomic E-state index is 0. The normalized spacial score (nSPS) is 12.3. The summed E-state index contributed by atoms with van der Waals surface area (Å²) in [5.74, 6) is -0.214. The topological polar surface area (TPSA) is 121 Å². The van der Waals surface area contributed by atoms with Gasteiger partial charge in [-0.2, -0.15) is 0 Å². The SMILES string of the molecule is CCO[C@@H](CC(=O)[O-])c1ccc(OCc2ccc(Cl)c(-c3ccc(OCC(O)CO)nc3)c2)cc1.[Na+]. The maximum absolute atomic E-state index is 11.0. The molecule has 1 aromatic heterocycles. The minimum atomic E-state index is -1.17. The van der Waals surface area contributed by atoms with Gasteiger partial charge in [-0.3, -0.25) is 0 Å². The number of hydrogen-bond donors (Lipinski definition) is 2. The first-order valence-corrected chi connectivity index (χ1v) is 11.5. The third-order valence-electron chi connectivity index (χ3n) is 5.09. The summed E-state index contributed by atoms with van der Waals surface area (Å²) in [6.45, 7) is 2.06. The molecule has 0 fully saturated rings. The second kappa shape index (κ2) is 15.2. The van der Waals surface area contributed by atoms with Gasteiger partial charge in [-0.25, -0.2) is 4.98 Å². The molecule has 0 saturated heterocycles. The van der Waals surface area contributed by atoms with Crippen molar-refractivity contribution in [2.45, 2.75) is 32.2 Å².